The number of carbonyl (C=O) groups excluding carboxylic acids is 3. The van der Waals surface area contributed by atoms with E-state index in [4.69, 9.17) is 4.74 Å². The molecule has 1 saturated heterocycles. The van der Waals surface area contributed by atoms with Crippen LogP contribution < -0.4 is 0 Å². The molecule has 1 aromatic heterocycles. The van der Waals surface area contributed by atoms with E-state index in [0.29, 0.717) is 23.3 Å². The number of ether oxygens (including phenoxy) is 1. The zero-order chi connectivity index (χ0) is 23.8. The van der Waals surface area contributed by atoms with Gasteiger partial charge in [-0.3, -0.25) is 14.4 Å². The highest BCUT2D eigenvalue weighted by atomic mass is 16.5. The molecule has 0 atom stereocenters. The number of benzene rings is 1. The number of esters is 1. The van der Waals surface area contributed by atoms with Crippen molar-refractivity contribution in [2.75, 3.05) is 19.7 Å². The van der Waals surface area contributed by atoms with Crippen molar-refractivity contribution in [1.82, 2.24) is 9.47 Å². The topological polar surface area (TPSA) is 68.6 Å². The monoisotopic (exact) mass is 450 g/mol. The minimum atomic E-state index is -0.285. The highest BCUT2D eigenvalue weighted by molar-refractivity contribution is 6.11. The van der Waals surface area contributed by atoms with Crippen molar-refractivity contribution in [3.05, 3.63) is 57.9 Å². The summed E-state index contributed by atoms with van der Waals surface area (Å²) >= 11 is 0. The molecule has 2 aliphatic rings. The van der Waals surface area contributed by atoms with E-state index >= 15 is 0 Å². The highest BCUT2D eigenvalue weighted by Gasteiger charge is 2.34. The Hall–Kier alpha value is -2.89. The van der Waals surface area contributed by atoms with Gasteiger partial charge in [-0.05, 0) is 69.1 Å². The number of amides is 1. The van der Waals surface area contributed by atoms with Crippen molar-refractivity contribution in [1.29, 1.82) is 0 Å². The first-order valence-corrected chi connectivity index (χ1v) is 12.0. The van der Waals surface area contributed by atoms with Crippen LogP contribution in [0.2, 0.25) is 0 Å². The average molecular weight is 451 g/mol. The van der Waals surface area contributed by atoms with Crippen LogP contribution in [0.25, 0.3) is 0 Å². The number of carbonyl (C=O) groups is 3. The van der Waals surface area contributed by atoms with E-state index in [1.165, 1.54) is 0 Å². The molecule has 0 bridgehead atoms. The molecule has 33 heavy (non-hydrogen) atoms. The summed E-state index contributed by atoms with van der Waals surface area (Å²) < 4.78 is 7.16. The molecule has 6 nitrogen and oxygen atoms in total. The third-order valence-corrected chi connectivity index (χ3v) is 7.04. The van der Waals surface area contributed by atoms with E-state index in [-0.39, 0.29) is 29.6 Å². The summed E-state index contributed by atoms with van der Waals surface area (Å²) in [7, 11) is 0. The van der Waals surface area contributed by atoms with Gasteiger partial charge >= 0.3 is 5.97 Å². The third-order valence-electron chi connectivity index (χ3n) is 7.04. The number of hydrogen-bond donors (Lipinski definition) is 0. The van der Waals surface area contributed by atoms with Crippen LogP contribution in [0, 0.1) is 12.3 Å². The molecule has 0 unspecified atom stereocenters. The van der Waals surface area contributed by atoms with Gasteiger partial charge in [-0.15, -0.1) is 0 Å². The van der Waals surface area contributed by atoms with Gasteiger partial charge in [-0.2, -0.15) is 0 Å². The van der Waals surface area contributed by atoms with E-state index < -0.39 is 0 Å². The first-order valence-electron chi connectivity index (χ1n) is 12.0. The smallest absolute Gasteiger partial charge is 0.325 e. The van der Waals surface area contributed by atoms with Crippen LogP contribution in [-0.2, 0) is 28.9 Å². The fourth-order valence-corrected chi connectivity index (χ4v) is 5.23. The molecule has 1 aromatic carbocycles. The molecule has 0 saturated carbocycles. The number of likely N-dealkylation sites (tertiary alicyclic amines) is 1. The molecule has 0 radical (unpaired) electrons. The standard InChI is InChI=1S/C27H34N2O4/c1-5-33-23(30)17-29-18(2)24(21-16-27(3,4)13-12-22(21)29)25(31)19-8-10-20(11-9-19)26(32)28-14-6-7-15-28/h8-11H,5-7,12-17H2,1-4H3. The van der Waals surface area contributed by atoms with Gasteiger partial charge in [0.25, 0.3) is 5.91 Å². The Morgan fingerprint density at radius 1 is 1.03 bits per heavy atom. The van der Waals surface area contributed by atoms with Gasteiger partial charge in [0, 0.05) is 41.2 Å². The molecule has 1 aliphatic carbocycles. The van der Waals surface area contributed by atoms with Crippen molar-refractivity contribution in [3.63, 3.8) is 0 Å². The summed E-state index contributed by atoms with van der Waals surface area (Å²) in [5.41, 5.74) is 4.91. The number of nitrogens with zero attached hydrogens (tertiary/aromatic N) is 2. The number of aromatic nitrogens is 1. The lowest BCUT2D eigenvalue weighted by atomic mass is 9.75. The van der Waals surface area contributed by atoms with Crippen LogP contribution in [-0.4, -0.2) is 46.8 Å². The predicted octanol–water partition coefficient (Wildman–Crippen LogP) is 4.34. The molecule has 2 aromatic rings. The maximum absolute atomic E-state index is 13.7. The molecular weight excluding hydrogens is 416 g/mol. The second kappa shape index (κ2) is 9.16. The summed E-state index contributed by atoms with van der Waals surface area (Å²) in [4.78, 5) is 40.5. The quantitative estimate of drug-likeness (QED) is 0.485. The van der Waals surface area contributed by atoms with Gasteiger partial charge in [0.05, 0.1) is 6.61 Å². The van der Waals surface area contributed by atoms with Gasteiger partial charge in [-0.1, -0.05) is 26.0 Å². The lowest BCUT2D eigenvalue weighted by molar-refractivity contribution is -0.143. The minimum Gasteiger partial charge on any atom is -0.465 e. The van der Waals surface area contributed by atoms with Crippen molar-refractivity contribution in [2.45, 2.75) is 66.3 Å². The Labute approximate surface area is 195 Å². The minimum absolute atomic E-state index is 0.0300. The fourth-order valence-electron chi connectivity index (χ4n) is 5.23. The lowest BCUT2D eigenvalue weighted by Gasteiger charge is -2.30. The zero-order valence-electron chi connectivity index (χ0n) is 20.2. The number of rotatable bonds is 6. The summed E-state index contributed by atoms with van der Waals surface area (Å²) in [6.45, 7) is 10.2. The Kier molecular flexibility index (Phi) is 6.46. The first-order chi connectivity index (χ1) is 15.7. The third kappa shape index (κ3) is 4.61. The molecule has 1 fully saturated rings. The number of ketones is 1. The largest absolute Gasteiger partial charge is 0.465 e. The normalized spacial score (nSPS) is 17.0. The Balaban J connectivity index is 1.67. The molecule has 4 rings (SSSR count). The van der Waals surface area contributed by atoms with Crippen LogP contribution in [0.4, 0.5) is 0 Å². The van der Waals surface area contributed by atoms with Crippen LogP contribution in [0.3, 0.4) is 0 Å². The van der Waals surface area contributed by atoms with Gasteiger partial charge in [0.1, 0.15) is 6.54 Å². The zero-order valence-corrected chi connectivity index (χ0v) is 20.2. The maximum Gasteiger partial charge on any atom is 0.325 e. The molecule has 2 heterocycles. The van der Waals surface area contributed by atoms with Gasteiger partial charge in [0.2, 0.25) is 0 Å². The Morgan fingerprint density at radius 3 is 2.30 bits per heavy atom. The van der Waals surface area contributed by atoms with E-state index in [1.807, 2.05) is 16.4 Å². The van der Waals surface area contributed by atoms with E-state index in [9.17, 15) is 14.4 Å². The summed E-state index contributed by atoms with van der Waals surface area (Å²) in [6, 6.07) is 7.03. The number of fused-ring (bicyclic) bond motifs is 1. The van der Waals surface area contributed by atoms with Gasteiger partial charge in [0.15, 0.2) is 5.78 Å². The van der Waals surface area contributed by atoms with Crippen molar-refractivity contribution in [2.24, 2.45) is 5.41 Å². The first kappa shape index (κ1) is 23.3. The molecule has 176 valence electrons. The molecule has 0 N–H and O–H groups in total. The molecular formula is C27H34N2O4. The maximum atomic E-state index is 13.7. The fraction of sp³-hybridized carbons (Fsp3) is 0.519. The SMILES string of the molecule is CCOC(=O)Cn1c(C)c(C(=O)c2ccc(C(=O)N3CCCC3)cc2)c2c1CCC(C)(C)C2. The van der Waals surface area contributed by atoms with Crippen molar-refractivity contribution < 1.29 is 19.1 Å². The molecule has 1 amide bonds. The predicted molar refractivity (Wildman–Crippen MR) is 127 cm³/mol. The second-order valence-electron chi connectivity index (χ2n) is 10.0. The van der Waals surface area contributed by atoms with Crippen LogP contribution in [0.5, 0.6) is 0 Å². The summed E-state index contributed by atoms with van der Waals surface area (Å²) in [6.07, 6.45) is 4.73. The van der Waals surface area contributed by atoms with Crippen LogP contribution >= 0.6 is 0 Å². The molecule has 1 aliphatic heterocycles. The van der Waals surface area contributed by atoms with Gasteiger partial charge < -0.3 is 14.2 Å². The Bertz CT molecular complexity index is 1070. The second-order valence-corrected chi connectivity index (χ2v) is 10.0. The summed E-state index contributed by atoms with van der Waals surface area (Å²) in [5, 5.41) is 0. The molecule has 6 heteroatoms. The van der Waals surface area contributed by atoms with Gasteiger partial charge in [-0.25, -0.2) is 0 Å². The van der Waals surface area contributed by atoms with E-state index in [0.717, 1.165) is 62.1 Å². The van der Waals surface area contributed by atoms with Crippen molar-refractivity contribution in [3.8, 4) is 0 Å². The van der Waals surface area contributed by atoms with Crippen molar-refractivity contribution >= 4 is 17.7 Å². The molecule has 0 spiro atoms. The van der Waals surface area contributed by atoms with Crippen LogP contribution in [0.15, 0.2) is 24.3 Å². The van der Waals surface area contributed by atoms with E-state index in [2.05, 4.69) is 13.8 Å². The highest BCUT2D eigenvalue weighted by Crippen LogP contribution is 2.39. The lowest BCUT2D eigenvalue weighted by Crippen LogP contribution is -2.27. The summed E-state index contributed by atoms with van der Waals surface area (Å²) in [5.74, 6) is -0.307. The number of hydrogen-bond acceptors (Lipinski definition) is 4. The van der Waals surface area contributed by atoms with E-state index in [1.54, 1.807) is 31.2 Å². The average Bonchev–Trinajstić information content (AvgIpc) is 3.40. The Morgan fingerprint density at radius 2 is 1.67 bits per heavy atom. The van der Waals surface area contributed by atoms with Crippen LogP contribution in [0.1, 0.15) is 83.3 Å².